The summed E-state index contributed by atoms with van der Waals surface area (Å²) in [5.74, 6) is 0. The zero-order chi connectivity index (χ0) is 26.2. The van der Waals surface area contributed by atoms with Crippen LogP contribution in [0.25, 0.3) is 21.5 Å². The predicted octanol–water partition coefficient (Wildman–Crippen LogP) is 10.0. The summed E-state index contributed by atoms with van der Waals surface area (Å²) < 4.78 is 0. The van der Waals surface area contributed by atoms with E-state index in [9.17, 15) is 0 Å². The van der Waals surface area contributed by atoms with Crippen molar-refractivity contribution in [2.75, 3.05) is 0 Å². The van der Waals surface area contributed by atoms with Gasteiger partial charge in [0.15, 0.2) is 0 Å². The first-order valence-electron chi connectivity index (χ1n) is 13.7. The van der Waals surface area contributed by atoms with Gasteiger partial charge in [-0.25, -0.2) is 0 Å². The van der Waals surface area contributed by atoms with E-state index in [1.165, 1.54) is 67.7 Å². The maximum absolute atomic E-state index is 2.44. The fourth-order valence-electron chi connectivity index (χ4n) is 6.43. The van der Waals surface area contributed by atoms with Gasteiger partial charge >= 0.3 is 0 Å². The standard InChI is InChI=1S/C36H38Si/c1-7-37(8-2)35(31-19-11-15-27(5)23-31)33(29-17-9-13-25(3)21-29)34(30-18-10-14-26(4)22-30)36(37)32-20-12-16-28(6)24-32/h9-24H,7-8H2,1-6H3. The highest BCUT2D eigenvalue weighted by Gasteiger charge is 2.48. The quantitative estimate of drug-likeness (QED) is 0.232. The van der Waals surface area contributed by atoms with Gasteiger partial charge in [0.1, 0.15) is 8.07 Å². The van der Waals surface area contributed by atoms with Gasteiger partial charge in [0.25, 0.3) is 0 Å². The van der Waals surface area contributed by atoms with Gasteiger partial charge in [-0.05, 0) is 71.5 Å². The summed E-state index contributed by atoms with van der Waals surface area (Å²) >= 11 is 0. The Morgan fingerprint density at radius 3 is 1.03 bits per heavy atom. The molecule has 0 nitrogen and oxygen atoms in total. The van der Waals surface area contributed by atoms with E-state index in [2.05, 4.69) is 139 Å². The Kier molecular flexibility index (Phi) is 6.92. The number of hydrogen-bond acceptors (Lipinski definition) is 0. The number of rotatable bonds is 6. The molecule has 1 aliphatic rings. The summed E-state index contributed by atoms with van der Waals surface area (Å²) in [5, 5.41) is 3.22. The Bertz CT molecular complexity index is 1410. The van der Waals surface area contributed by atoms with Gasteiger partial charge in [0.2, 0.25) is 0 Å². The second-order valence-electron chi connectivity index (χ2n) is 10.8. The molecule has 1 aliphatic heterocycles. The second kappa shape index (κ2) is 10.1. The summed E-state index contributed by atoms with van der Waals surface area (Å²) in [6, 6.07) is 39.2. The van der Waals surface area contributed by atoms with Crippen LogP contribution in [0.15, 0.2) is 97.1 Å². The van der Waals surface area contributed by atoms with Gasteiger partial charge in [-0.2, -0.15) is 0 Å². The Balaban J connectivity index is 2.00. The average Bonchev–Trinajstić information content (AvgIpc) is 3.20. The van der Waals surface area contributed by atoms with E-state index in [1.807, 2.05) is 0 Å². The van der Waals surface area contributed by atoms with Crippen LogP contribution in [0, 0.1) is 27.7 Å². The molecule has 5 rings (SSSR count). The van der Waals surface area contributed by atoms with Crippen LogP contribution in [0.5, 0.6) is 0 Å². The third-order valence-electron chi connectivity index (χ3n) is 8.14. The average molecular weight is 499 g/mol. The molecule has 4 aromatic carbocycles. The largest absolute Gasteiger partial charge is 0.120 e. The van der Waals surface area contributed by atoms with Crippen molar-refractivity contribution < 1.29 is 0 Å². The van der Waals surface area contributed by atoms with Crippen molar-refractivity contribution >= 4 is 29.6 Å². The number of aryl methyl sites for hydroxylation is 4. The van der Waals surface area contributed by atoms with Crippen molar-refractivity contribution in [3.63, 3.8) is 0 Å². The van der Waals surface area contributed by atoms with Crippen LogP contribution in [0.2, 0.25) is 12.1 Å². The van der Waals surface area contributed by atoms with Crippen LogP contribution in [-0.2, 0) is 0 Å². The molecule has 0 aromatic heterocycles. The zero-order valence-electron chi connectivity index (χ0n) is 23.2. The van der Waals surface area contributed by atoms with Gasteiger partial charge < -0.3 is 0 Å². The van der Waals surface area contributed by atoms with E-state index in [1.54, 1.807) is 10.4 Å². The van der Waals surface area contributed by atoms with E-state index >= 15 is 0 Å². The van der Waals surface area contributed by atoms with Crippen molar-refractivity contribution in [2.45, 2.75) is 53.6 Å². The lowest BCUT2D eigenvalue weighted by Gasteiger charge is -2.33. The van der Waals surface area contributed by atoms with Crippen molar-refractivity contribution in [3.05, 3.63) is 142 Å². The van der Waals surface area contributed by atoms with E-state index in [4.69, 9.17) is 0 Å². The maximum atomic E-state index is 2.44. The number of allylic oxidation sites excluding steroid dienone is 2. The third kappa shape index (κ3) is 4.47. The summed E-state index contributed by atoms with van der Waals surface area (Å²) in [5.41, 5.74) is 13.7. The van der Waals surface area contributed by atoms with Crippen molar-refractivity contribution in [3.8, 4) is 0 Å². The van der Waals surface area contributed by atoms with Crippen LogP contribution in [0.3, 0.4) is 0 Å². The molecular formula is C36H38Si. The van der Waals surface area contributed by atoms with Gasteiger partial charge in [-0.1, -0.05) is 145 Å². The summed E-state index contributed by atoms with van der Waals surface area (Å²) in [6.45, 7) is 13.8. The molecule has 0 unspecified atom stereocenters. The topological polar surface area (TPSA) is 0 Å². The molecule has 0 fully saturated rings. The minimum absolute atomic E-state index is 1.18. The number of hydrogen-bond donors (Lipinski definition) is 0. The summed E-state index contributed by atoms with van der Waals surface area (Å²) in [6.07, 6.45) is 0. The van der Waals surface area contributed by atoms with Crippen LogP contribution < -0.4 is 0 Å². The molecule has 4 aromatic rings. The Morgan fingerprint density at radius 2 is 0.730 bits per heavy atom. The smallest absolute Gasteiger partial charge is 0.0672 e. The van der Waals surface area contributed by atoms with E-state index in [0.29, 0.717) is 0 Å². The van der Waals surface area contributed by atoms with E-state index in [0.717, 1.165) is 0 Å². The normalized spacial score (nSPS) is 15.0. The lowest BCUT2D eigenvalue weighted by Crippen LogP contribution is -2.35. The molecule has 0 spiro atoms. The first kappa shape index (κ1) is 25.2. The van der Waals surface area contributed by atoms with E-state index in [-0.39, 0.29) is 0 Å². The minimum atomic E-state index is -2.13. The van der Waals surface area contributed by atoms with Crippen LogP contribution in [-0.4, -0.2) is 8.07 Å². The van der Waals surface area contributed by atoms with Gasteiger partial charge in [-0.3, -0.25) is 0 Å². The lowest BCUT2D eigenvalue weighted by atomic mass is 9.88. The third-order valence-corrected chi connectivity index (χ3v) is 13.5. The lowest BCUT2D eigenvalue weighted by molar-refractivity contribution is 1.29. The molecule has 186 valence electrons. The SMILES string of the molecule is CC[Si]1(CC)C(c2cccc(C)c2)=C(c2cccc(C)c2)C(c2cccc(C)c2)=C1c1cccc(C)c1. The summed E-state index contributed by atoms with van der Waals surface area (Å²) in [4.78, 5) is 0. The fourth-order valence-corrected chi connectivity index (χ4v) is 11.5. The molecule has 0 amide bonds. The maximum Gasteiger partial charge on any atom is 0.120 e. The highest BCUT2D eigenvalue weighted by atomic mass is 28.3. The zero-order valence-corrected chi connectivity index (χ0v) is 24.2. The first-order chi connectivity index (χ1) is 17.9. The van der Waals surface area contributed by atoms with Crippen molar-refractivity contribution in [1.82, 2.24) is 0 Å². The molecule has 0 atom stereocenters. The van der Waals surface area contributed by atoms with Crippen molar-refractivity contribution in [2.24, 2.45) is 0 Å². The Hall–Kier alpha value is -3.42. The monoisotopic (exact) mass is 498 g/mol. The molecule has 0 aliphatic carbocycles. The van der Waals surface area contributed by atoms with Crippen LogP contribution in [0.1, 0.15) is 58.4 Å². The van der Waals surface area contributed by atoms with Gasteiger partial charge in [-0.15, -0.1) is 0 Å². The molecule has 1 heterocycles. The van der Waals surface area contributed by atoms with Crippen LogP contribution in [0.4, 0.5) is 0 Å². The molecule has 0 saturated carbocycles. The number of benzene rings is 4. The molecule has 0 bridgehead atoms. The molecule has 0 saturated heterocycles. The minimum Gasteiger partial charge on any atom is -0.0672 e. The Morgan fingerprint density at radius 1 is 0.432 bits per heavy atom. The fraction of sp³-hybridized carbons (Fsp3) is 0.222. The molecule has 37 heavy (non-hydrogen) atoms. The second-order valence-corrected chi connectivity index (χ2v) is 15.3. The molecule has 0 radical (unpaired) electrons. The molecule has 0 N–H and O–H groups in total. The Labute approximate surface area is 224 Å². The van der Waals surface area contributed by atoms with Gasteiger partial charge in [0, 0.05) is 0 Å². The molecular weight excluding hydrogens is 460 g/mol. The van der Waals surface area contributed by atoms with E-state index < -0.39 is 8.07 Å². The van der Waals surface area contributed by atoms with Crippen molar-refractivity contribution in [1.29, 1.82) is 0 Å². The predicted molar refractivity (Wildman–Crippen MR) is 165 cm³/mol. The van der Waals surface area contributed by atoms with Crippen LogP contribution >= 0.6 is 0 Å². The summed E-state index contributed by atoms with van der Waals surface area (Å²) in [7, 11) is -2.13. The highest BCUT2D eigenvalue weighted by Crippen LogP contribution is 2.58. The molecule has 1 heteroatoms. The highest BCUT2D eigenvalue weighted by molar-refractivity contribution is 7.14. The first-order valence-corrected chi connectivity index (χ1v) is 16.1. The van der Waals surface area contributed by atoms with Gasteiger partial charge in [0.05, 0.1) is 0 Å².